The molecule has 3 aliphatic rings. The van der Waals surface area contributed by atoms with Crippen LogP contribution in [0.1, 0.15) is 73.3 Å². The number of benzene rings is 1. The van der Waals surface area contributed by atoms with Crippen molar-refractivity contribution in [1.82, 2.24) is 19.8 Å². The highest BCUT2D eigenvalue weighted by Crippen LogP contribution is 2.43. The lowest BCUT2D eigenvalue weighted by Crippen LogP contribution is -2.47. The molecule has 0 bridgehead atoms. The number of carbonyl (C=O) groups excluding carboxylic acids is 3. The summed E-state index contributed by atoms with van der Waals surface area (Å²) in [6.45, 7) is 14.7. The summed E-state index contributed by atoms with van der Waals surface area (Å²) in [4.78, 5) is 54.6. The van der Waals surface area contributed by atoms with Crippen LogP contribution in [-0.4, -0.2) is 83.9 Å². The van der Waals surface area contributed by atoms with Crippen LogP contribution in [0.2, 0.25) is 5.02 Å². The Bertz CT molecular complexity index is 1390. The Hall–Kier alpha value is -3.04. The highest BCUT2D eigenvalue weighted by Gasteiger charge is 2.44. The molecule has 0 spiro atoms. The van der Waals surface area contributed by atoms with E-state index in [1.165, 1.54) is 13.4 Å². The molecular formula is C35H48ClN5O4. The summed E-state index contributed by atoms with van der Waals surface area (Å²) in [7, 11) is 1.44. The number of esters is 1. The average Bonchev–Trinajstić information content (AvgIpc) is 3.59. The zero-order valence-corrected chi connectivity index (χ0v) is 28.4. The van der Waals surface area contributed by atoms with Gasteiger partial charge >= 0.3 is 5.97 Å². The van der Waals surface area contributed by atoms with Gasteiger partial charge in [0, 0.05) is 48.8 Å². The van der Waals surface area contributed by atoms with Gasteiger partial charge in [-0.15, -0.1) is 0 Å². The van der Waals surface area contributed by atoms with E-state index in [0.29, 0.717) is 29.0 Å². The van der Waals surface area contributed by atoms with E-state index >= 15 is 0 Å². The summed E-state index contributed by atoms with van der Waals surface area (Å²) in [5, 5.41) is 0.653. The predicted molar refractivity (Wildman–Crippen MR) is 175 cm³/mol. The van der Waals surface area contributed by atoms with Crippen LogP contribution in [-0.2, 0) is 14.3 Å². The van der Waals surface area contributed by atoms with E-state index in [1.807, 2.05) is 48.8 Å². The van der Waals surface area contributed by atoms with Gasteiger partial charge in [0.25, 0.3) is 5.91 Å². The van der Waals surface area contributed by atoms with Gasteiger partial charge < -0.3 is 19.4 Å². The number of likely N-dealkylation sites (tertiary alicyclic amines) is 2. The van der Waals surface area contributed by atoms with Crippen LogP contribution in [0.15, 0.2) is 24.5 Å². The maximum Gasteiger partial charge on any atom is 0.308 e. The molecule has 0 N–H and O–H groups in total. The van der Waals surface area contributed by atoms with Crippen LogP contribution in [0.25, 0.3) is 0 Å². The van der Waals surface area contributed by atoms with Crippen LogP contribution in [0, 0.1) is 49.9 Å². The molecule has 45 heavy (non-hydrogen) atoms. The molecule has 1 aromatic carbocycles. The van der Waals surface area contributed by atoms with Gasteiger partial charge in [0.1, 0.15) is 6.33 Å². The number of aryl methyl sites for hydroxylation is 3. The van der Waals surface area contributed by atoms with Crippen LogP contribution >= 0.6 is 11.6 Å². The average molecular weight is 638 g/mol. The second-order valence-corrected chi connectivity index (χ2v) is 14.4. The molecule has 2 aromatic rings. The maximum absolute atomic E-state index is 14.3. The van der Waals surface area contributed by atoms with E-state index in [9.17, 15) is 14.4 Å². The maximum atomic E-state index is 14.3. The minimum atomic E-state index is -0.584. The monoisotopic (exact) mass is 637 g/mol. The predicted octanol–water partition coefficient (Wildman–Crippen LogP) is 5.49. The van der Waals surface area contributed by atoms with Crippen molar-refractivity contribution >= 4 is 35.1 Å². The second-order valence-electron chi connectivity index (χ2n) is 13.9. The smallest absolute Gasteiger partial charge is 0.308 e. The lowest BCUT2D eigenvalue weighted by Gasteiger charge is -2.40. The number of carbonyl (C=O) groups is 3. The molecule has 2 amide bonds. The minimum Gasteiger partial charge on any atom is -0.469 e. The molecule has 2 atom stereocenters. The molecule has 10 heteroatoms. The third kappa shape index (κ3) is 7.04. The van der Waals surface area contributed by atoms with E-state index in [4.69, 9.17) is 16.3 Å². The van der Waals surface area contributed by atoms with E-state index in [-0.39, 0.29) is 29.6 Å². The van der Waals surface area contributed by atoms with Crippen molar-refractivity contribution < 1.29 is 19.1 Å². The molecule has 0 radical (unpaired) electrons. The Balaban J connectivity index is 1.20. The van der Waals surface area contributed by atoms with Gasteiger partial charge in [0.2, 0.25) is 5.91 Å². The van der Waals surface area contributed by atoms with Gasteiger partial charge in [-0.25, -0.2) is 9.97 Å². The topological polar surface area (TPSA) is 95.9 Å². The minimum absolute atomic E-state index is 0.0406. The Kier molecular flexibility index (Phi) is 10.2. The van der Waals surface area contributed by atoms with Gasteiger partial charge in [0.15, 0.2) is 0 Å². The van der Waals surface area contributed by atoms with Crippen molar-refractivity contribution in [3.05, 3.63) is 52.1 Å². The summed E-state index contributed by atoms with van der Waals surface area (Å²) in [6, 6.07) is 5.88. The van der Waals surface area contributed by atoms with Crippen molar-refractivity contribution in [3.63, 3.8) is 0 Å². The summed E-state index contributed by atoms with van der Waals surface area (Å²) in [5.74, 6) is 1.02. The third-order valence-electron chi connectivity index (χ3n) is 10.7. The van der Waals surface area contributed by atoms with Gasteiger partial charge in [-0.3, -0.25) is 14.4 Å². The number of amides is 2. The van der Waals surface area contributed by atoms with E-state index in [1.54, 1.807) is 0 Å². The number of hydrogen-bond donors (Lipinski definition) is 0. The molecule has 2 aliphatic heterocycles. The Morgan fingerprint density at radius 2 is 1.60 bits per heavy atom. The SMILES string of the molecule is COC(=O)C1CCC(C(C)(C)C(=O)N(CCCN2C[C@@H]3CN(C(=O)c4c(C)ncnc4C)C[C@@H]3C2)c2ccc(C)c(Cl)c2)CC1. The first kappa shape index (κ1) is 33.3. The van der Waals surface area contributed by atoms with Crippen molar-refractivity contribution in [2.45, 2.75) is 66.7 Å². The number of anilines is 1. The Labute approximate surface area is 272 Å². The molecule has 1 aliphatic carbocycles. The first-order valence-electron chi connectivity index (χ1n) is 16.4. The molecule has 5 rings (SSSR count). The first-order chi connectivity index (χ1) is 21.4. The summed E-state index contributed by atoms with van der Waals surface area (Å²) in [6.07, 6.45) is 5.51. The van der Waals surface area contributed by atoms with Crippen LogP contribution < -0.4 is 4.90 Å². The van der Waals surface area contributed by atoms with Crippen molar-refractivity contribution in [2.24, 2.45) is 29.1 Å². The molecular weight excluding hydrogens is 590 g/mol. The van der Waals surface area contributed by atoms with Crippen molar-refractivity contribution in [1.29, 1.82) is 0 Å². The number of rotatable bonds is 9. The number of aromatic nitrogens is 2. The number of methoxy groups -OCH3 is 1. The zero-order valence-electron chi connectivity index (χ0n) is 27.6. The lowest BCUT2D eigenvalue weighted by atomic mass is 9.68. The lowest BCUT2D eigenvalue weighted by molar-refractivity contribution is -0.147. The van der Waals surface area contributed by atoms with Gasteiger partial charge in [-0.05, 0) is 94.9 Å². The Morgan fingerprint density at radius 3 is 2.18 bits per heavy atom. The van der Waals surface area contributed by atoms with Gasteiger partial charge in [-0.2, -0.15) is 0 Å². The van der Waals surface area contributed by atoms with E-state index in [0.717, 1.165) is 87.5 Å². The number of hydrogen-bond acceptors (Lipinski definition) is 7. The van der Waals surface area contributed by atoms with E-state index in [2.05, 4.69) is 28.7 Å². The molecule has 3 heterocycles. The van der Waals surface area contributed by atoms with E-state index < -0.39 is 5.41 Å². The van der Waals surface area contributed by atoms with Crippen LogP contribution in [0.5, 0.6) is 0 Å². The fourth-order valence-corrected chi connectivity index (χ4v) is 7.96. The first-order valence-corrected chi connectivity index (χ1v) is 16.7. The molecule has 1 aromatic heterocycles. The third-order valence-corrected chi connectivity index (χ3v) is 11.1. The molecule has 9 nitrogen and oxygen atoms in total. The van der Waals surface area contributed by atoms with Crippen molar-refractivity contribution in [2.75, 3.05) is 51.3 Å². The highest BCUT2D eigenvalue weighted by molar-refractivity contribution is 6.31. The molecule has 2 saturated heterocycles. The standard InChI is InChI=1S/C35H48ClN5O4/c1-22-8-13-29(16-30(22)36)41(34(44)35(4,5)28-11-9-25(10-12-28)33(43)45-6)15-7-14-39-17-26-19-40(20-27(26)18-39)32(42)31-23(2)37-21-38-24(31)3/h8,13,16,21,25-28H,7,9-12,14-15,17-20H2,1-6H3/t25?,26-,27+,28?. The summed E-state index contributed by atoms with van der Waals surface area (Å²) < 4.78 is 4.98. The number of fused-ring (bicyclic) bond motifs is 1. The second kappa shape index (κ2) is 13.8. The molecule has 244 valence electrons. The largest absolute Gasteiger partial charge is 0.469 e. The summed E-state index contributed by atoms with van der Waals surface area (Å²) in [5.41, 5.74) is 3.33. The fourth-order valence-electron chi connectivity index (χ4n) is 7.79. The van der Waals surface area contributed by atoms with Gasteiger partial charge in [-0.1, -0.05) is 31.5 Å². The number of halogens is 1. The number of nitrogens with zero attached hydrogens (tertiary/aromatic N) is 5. The molecule has 0 unspecified atom stereocenters. The number of ether oxygens (including phenoxy) is 1. The summed E-state index contributed by atoms with van der Waals surface area (Å²) >= 11 is 6.54. The highest BCUT2D eigenvalue weighted by atomic mass is 35.5. The Morgan fingerprint density at radius 1 is 0.978 bits per heavy atom. The van der Waals surface area contributed by atoms with Crippen LogP contribution in [0.4, 0.5) is 5.69 Å². The molecule has 3 fully saturated rings. The van der Waals surface area contributed by atoms with Gasteiger partial charge in [0.05, 0.1) is 30.0 Å². The normalized spacial score (nSPS) is 23.6. The quantitative estimate of drug-likeness (QED) is 0.336. The van der Waals surface area contributed by atoms with Crippen LogP contribution in [0.3, 0.4) is 0 Å². The molecule has 1 saturated carbocycles. The van der Waals surface area contributed by atoms with Crippen molar-refractivity contribution in [3.8, 4) is 0 Å². The zero-order chi connectivity index (χ0) is 32.5. The fraction of sp³-hybridized carbons (Fsp3) is 0.629.